The van der Waals surface area contributed by atoms with Crippen molar-refractivity contribution in [1.82, 2.24) is 0 Å². The summed E-state index contributed by atoms with van der Waals surface area (Å²) in [4.78, 5) is 12.4. The molecule has 0 spiro atoms. The van der Waals surface area contributed by atoms with E-state index in [0.29, 0.717) is 6.61 Å². The molecule has 0 bridgehead atoms. The summed E-state index contributed by atoms with van der Waals surface area (Å²) in [5.41, 5.74) is 0. The van der Waals surface area contributed by atoms with E-state index in [4.69, 9.17) is 16.3 Å². The van der Waals surface area contributed by atoms with Crippen LogP contribution in [0.1, 0.15) is 12.8 Å². The molecule has 1 saturated carbocycles. The standard InChI is InChI=1S/C12H13ClO2S/c13-10-3-5-11(6-4-10)16-8-7-15-12(14)9-1-2-9/h3-6,9H,1-2,7-8H2. The summed E-state index contributed by atoms with van der Waals surface area (Å²) in [6.45, 7) is 0.489. The van der Waals surface area contributed by atoms with Gasteiger partial charge in [0, 0.05) is 15.7 Å². The van der Waals surface area contributed by atoms with Crippen molar-refractivity contribution in [3.05, 3.63) is 29.3 Å². The number of hydrogen-bond donors (Lipinski definition) is 0. The molecule has 1 aliphatic carbocycles. The van der Waals surface area contributed by atoms with Gasteiger partial charge in [0.25, 0.3) is 0 Å². The highest BCUT2D eigenvalue weighted by molar-refractivity contribution is 7.99. The summed E-state index contributed by atoms with van der Waals surface area (Å²) in [5.74, 6) is 0.956. The lowest BCUT2D eigenvalue weighted by Gasteiger charge is -2.03. The van der Waals surface area contributed by atoms with Crippen molar-refractivity contribution >= 4 is 29.3 Å². The van der Waals surface area contributed by atoms with Gasteiger partial charge in [0.1, 0.15) is 6.61 Å². The number of carbonyl (C=O) groups is 1. The van der Waals surface area contributed by atoms with Crippen molar-refractivity contribution in [2.45, 2.75) is 17.7 Å². The van der Waals surface area contributed by atoms with E-state index in [1.165, 1.54) is 0 Å². The SMILES string of the molecule is O=C(OCCSc1ccc(Cl)cc1)C1CC1. The van der Waals surface area contributed by atoms with E-state index in [1.54, 1.807) is 11.8 Å². The minimum absolute atomic E-state index is 0.0308. The first-order chi connectivity index (χ1) is 7.75. The minimum Gasteiger partial charge on any atom is -0.465 e. The minimum atomic E-state index is -0.0308. The average molecular weight is 257 g/mol. The molecule has 0 heterocycles. The molecule has 1 aromatic rings. The summed E-state index contributed by atoms with van der Waals surface area (Å²) < 4.78 is 5.13. The summed E-state index contributed by atoms with van der Waals surface area (Å²) >= 11 is 7.45. The third-order valence-electron chi connectivity index (χ3n) is 2.32. The van der Waals surface area contributed by atoms with Crippen LogP contribution in [-0.4, -0.2) is 18.3 Å². The molecule has 0 aliphatic heterocycles. The highest BCUT2D eigenvalue weighted by Crippen LogP contribution is 2.30. The van der Waals surface area contributed by atoms with Crippen LogP contribution in [0.4, 0.5) is 0 Å². The number of ether oxygens (including phenoxy) is 1. The molecular formula is C12H13ClO2S. The number of thioether (sulfide) groups is 1. The van der Waals surface area contributed by atoms with Gasteiger partial charge in [0.2, 0.25) is 0 Å². The molecule has 0 amide bonds. The molecule has 0 unspecified atom stereocenters. The van der Waals surface area contributed by atoms with E-state index in [2.05, 4.69) is 0 Å². The maximum atomic E-state index is 11.2. The van der Waals surface area contributed by atoms with E-state index < -0.39 is 0 Å². The van der Waals surface area contributed by atoms with Crippen LogP contribution in [0.2, 0.25) is 5.02 Å². The van der Waals surface area contributed by atoms with Crippen molar-refractivity contribution in [2.75, 3.05) is 12.4 Å². The molecule has 86 valence electrons. The van der Waals surface area contributed by atoms with Crippen molar-refractivity contribution in [3.8, 4) is 0 Å². The topological polar surface area (TPSA) is 26.3 Å². The Morgan fingerprint density at radius 3 is 2.69 bits per heavy atom. The van der Waals surface area contributed by atoms with Crippen LogP contribution >= 0.6 is 23.4 Å². The van der Waals surface area contributed by atoms with E-state index in [1.807, 2.05) is 24.3 Å². The van der Waals surface area contributed by atoms with Crippen molar-refractivity contribution < 1.29 is 9.53 Å². The molecule has 1 aliphatic rings. The number of halogens is 1. The Bertz CT molecular complexity index is 360. The molecule has 0 radical (unpaired) electrons. The molecule has 1 fully saturated rings. The zero-order valence-corrected chi connectivity index (χ0v) is 10.4. The Morgan fingerprint density at radius 1 is 1.38 bits per heavy atom. The first-order valence-electron chi connectivity index (χ1n) is 5.31. The quantitative estimate of drug-likeness (QED) is 0.459. The van der Waals surface area contributed by atoms with Gasteiger partial charge in [0.05, 0.1) is 5.92 Å². The van der Waals surface area contributed by atoms with Crippen LogP contribution in [-0.2, 0) is 9.53 Å². The van der Waals surface area contributed by atoms with E-state index >= 15 is 0 Å². The maximum Gasteiger partial charge on any atom is 0.308 e. The Labute approximate surface area is 104 Å². The maximum absolute atomic E-state index is 11.2. The summed E-state index contributed by atoms with van der Waals surface area (Å²) in [7, 11) is 0. The molecule has 4 heteroatoms. The molecule has 2 rings (SSSR count). The largest absolute Gasteiger partial charge is 0.465 e. The van der Waals surface area contributed by atoms with Gasteiger partial charge < -0.3 is 4.74 Å². The van der Waals surface area contributed by atoms with Gasteiger partial charge in [-0.25, -0.2) is 0 Å². The lowest BCUT2D eigenvalue weighted by Crippen LogP contribution is -2.08. The first-order valence-corrected chi connectivity index (χ1v) is 6.67. The number of hydrogen-bond acceptors (Lipinski definition) is 3. The monoisotopic (exact) mass is 256 g/mol. The fourth-order valence-electron chi connectivity index (χ4n) is 1.27. The number of carbonyl (C=O) groups excluding carboxylic acids is 1. The second kappa shape index (κ2) is 5.60. The van der Waals surface area contributed by atoms with Gasteiger partial charge in [-0.3, -0.25) is 4.79 Å². The summed E-state index contributed by atoms with van der Waals surface area (Å²) in [6.07, 6.45) is 2.01. The third-order valence-corrected chi connectivity index (χ3v) is 3.55. The number of rotatable bonds is 5. The highest BCUT2D eigenvalue weighted by Gasteiger charge is 2.30. The van der Waals surface area contributed by atoms with Crippen LogP contribution in [0, 0.1) is 5.92 Å². The summed E-state index contributed by atoms with van der Waals surface area (Å²) in [5, 5.41) is 0.740. The van der Waals surface area contributed by atoms with Crippen LogP contribution in [0.15, 0.2) is 29.2 Å². The Hall–Kier alpha value is -0.670. The molecule has 0 saturated heterocycles. The second-order valence-electron chi connectivity index (χ2n) is 3.74. The van der Waals surface area contributed by atoms with Gasteiger partial charge in [-0.1, -0.05) is 11.6 Å². The second-order valence-corrected chi connectivity index (χ2v) is 5.35. The van der Waals surface area contributed by atoms with Crippen LogP contribution in [0.25, 0.3) is 0 Å². The highest BCUT2D eigenvalue weighted by atomic mass is 35.5. The predicted octanol–water partition coefficient (Wildman–Crippen LogP) is 3.39. The first kappa shape index (κ1) is 11.8. The molecule has 0 N–H and O–H groups in total. The fourth-order valence-corrected chi connectivity index (χ4v) is 2.13. The van der Waals surface area contributed by atoms with E-state index in [-0.39, 0.29) is 11.9 Å². The number of benzene rings is 1. The molecule has 16 heavy (non-hydrogen) atoms. The van der Waals surface area contributed by atoms with Crippen molar-refractivity contribution in [1.29, 1.82) is 0 Å². The van der Waals surface area contributed by atoms with Gasteiger partial charge in [-0.05, 0) is 37.1 Å². The fraction of sp³-hybridized carbons (Fsp3) is 0.417. The molecule has 0 aromatic heterocycles. The number of esters is 1. The smallest absolute Gasteiger partial charge is 0.308 e. The zero-order valence-electron chi connectivity index (χ0n) is 8.82. The van der Waals surface area contributed by atoms with Gasteiger partial charge >= 0.3 is 5.97 Å². The molecule has 2 nitrogen and oxygen atoms in total. The Balaban J connectivity index is 1.63. The van der Waals surface area contributed by atoms with Gasteiger partial charge in [-0.15, -0.1) is 11.8 Å². The van der Waals surface area contributed by atoms with Gasteiger partial charge in [-0.2, -0.15) is 0 Å². The normalized spacial score (nSPS) is 14.8. The van der Waals surface area contributed by atoms with Crippen molar-refractivity contribution in [3.63, 3.8) is 0 Å². The van der Waals surface area contributed by atoms with Crippen LogP contribution in [0.3, 0.4) is 0 Å². The lowest BCUT2D eigenvalue weighted by atomic mass is 10.4. The molecular weight excluding hydrogens is 244 g/mol. The van der Waals surface area contributed by atoms with Crippen LogP contribution in [0.5, 0.6) is 0 Å². The van der Waals surface area contributed by atoms with Crippen molar-refractivity contribution in [2.24, 2.45) is 5.92 Å². The van der Waals surface area contributed by atoms with Gasteiger partial charge in [0.15, 0.2) is 0 Å². The molecule has 0 atom stereocenters. The lowest BCUT2D eigenvalue weighted by molar-refractivity contribution is -0.144. The van der Waals surface area contributed by atoms with E-state index in [9.17, 15) is 4.79 Å². The average Bonchev–Trinajstić information content (AvgIpc) is 3.10. The third kappa shape index (κ3) is 3.72. The summed E-state index contributed by atoms with van der Waals surface area (Å²) in [6, 6.07) is 7.66. The zero-order chi connectivity index (χ0) is 11.4. The van der Waals surface area contributed by atoms with Crippen LogP contribution < -0.4 is 0 Å². The van der Waals surface area contributed by atoms with E-state index in [0.717, 1.165) is 28.5 Å². The Kier molecular flexibility index (Phi) is 4.13. The predicted molar refractivity (Wildman–Crippen MR) is 65.9 cm³/mol. The Morgan fingerprint density at radius 2 is 2.06 bits per heavy atom. The molecule has 1 aromatic carbocycles.